The van der Waals surface area contributed by atoms with E-state index in [1.165, 1.54) is 18.4 Å². The summed E-state index contributed by atoms with van der Waals surface area (Å²) in [6, 6.07) is 0. The zero-order valence-electron chi connectivity index (χ0n) is 9.58. The lowest BCUT2D eigenvalue weighted by Crippen LogP contribution is -2.18. The van der Waals surface area contributed by atoms with Gasteiger partial charge in [-0.3, -0.25) is 0 Å². The van der Waals surface area contributed by atoms with E-state index < -0.39 is 0 Å². The quantitative estimate of drug-likeness (QED) is 0.523. The Kier molecular flexibility index (Phi) is 5.78. The molecular weight excluding hydrogens is 186 g/mol. The summed E-state index contributed by atoms with van der Waals surface area (Å²) in [6.45, 7) is 9.20. The fourth-order valence-corrected chi connectivity index (χ4v) is 1.35. The normalized spacial score (nSPS) is 10.5. The van der Waals surface area contributed by atoms with Crippen LogP contribution in [0.15, 0.2) is 30.9 Å². The van der Waals surface area contributed by atoms with Crippen LogP contribution in [0.25, 0.3) is 0 Å². The first-order valence-electron chi connectivity index (χ1n) is 5.66. The molecule has 0 radical (unpaired) electrons. The average Bonchev–Trinajstić information content (AvgIpc) is 2.75. The van der Waals surface area contributed by atoms with Crippen molar-refractivity contribution in [3.8, 4) is 0 Å². The van der Waals surface area contributed by atoms with Gasteiger partial charge < -0.3 is 9.88 Å². The number of hydrogen-bond donors (Lipinski definition) is 1. The van der Waals surface area contributed by atoms with Crippen LogP contribution in [0.2, 0.25) is 0 Å². The van der Waals surface area contributed by atoms with Gasteiger partial charge >= 0.3 is 0 Å². The summed E-state index contributed by atoms with van der Waals surface area (Å²) in [5.74, 6) is 0. The minimum atomic E-state index is 0.960. The molecule has 84 valence electrons. The number of nitrogens with zero attached hydrogens (tertiary/aromatic N) is 2. The maximum absolute atomic E-state index is 4.01. The fourth-order valence-electron chi connectivity index (χ4n) is 1.35. The molecule has 0 saturated carbocycles. The number of rotatable bonds is 8. The molecule has 0 aliphatic carbocycles. The third kappa shape index (κ3) is 5.37. The van der Waals surface area contributed by atoms with Crippen LogP contribution in [-0.2, 0) is 6.54 Å². The molecule has 0 aliphatic heterocycles. The van der Waals surface area contributed by atoms with Crippen LogP contribution in [0.1, 0.15) is 26.2 Å². The van der Waals surface area contributed by atoms with Crippen molar-refractivity contribution < 1.29 is 0 Å². The van der Waals surface area contributed by atoms with E-state index in [0.29, 0.717) is 0 Å². The molecule has 0 fully saturated rings. The largest absolute Gasteiger partial charge is 0.337 e. The Balaban J connectivity index is 1.91. The molecule has 0 bridgehead atoms. The maximum Gasteiger partial charge on any atom is 0.0945 e. The number of unbranched alkanes of at least 4 members (excludes halogenated alkanes) is 1. The van der Waals surface area contributed by atoms with Gasteiger partial charge in [0.25, 0.3) is 0 Å². The molecule has 0 aromatic carbocycles. The Morgan fingerprint density at radius 3 is 3.00 bits per heavy atom. The average molecular weight is 207 g/mol. The first-order chi connectivity index (χ1) is 7.33. The van der Waals surface area contributed by atoms with Crippen molar-refractivity contribution in [1.29, 1.82) is 0 Å². The zero-order chi connectivity index (χ0) is 10.9. The van der Waals surface area contributed by atoms with Crippen molar-refractivity contribution in [2.75, 3.05) is 13.1 Å². The molecule has 0 saturated heterocycles. The van der Waals surface area contributed by atoms with Gasteiger partial charge in [0.05, 0.1) is 6.33 Å². The predicted molar refractivity (Wildman–Crippen MR) is 63.8 cm³/mol. The molecule has 1 aromatic heterocycles. The summed E-state index contributed by atoms with van der Waals surface area (Å²) in [5, 5.41) is 3.39. The summed E-state index contributed by atoms with van der Waals surface area (Å²) in [5.41, 5.74) is 1.28. The minimum absolute atomic E-state index is 0.960. The molecule has 1 N–H and O–H groups in total. The highest BCUT2D eigenvalue weighted by molar-refractivity contribution is 4.94. The molecule has 0 amide bonds. The Bertz CT molecular complexity index is 264. The SMILES string of the molecule is C=C(CC)CNCCCCn1ccnc1. The third-order valence-corrected chi connectivity index (χ3v) is 2.45. The molecule has 3 nitrogen and oxygen atoms in total. The van der Waals surface area contributed by atoms with Gasteiger partial charge in [-0.2, -0.15) is 0 Å². The van der Waals surface area contributed by atoms with Gasteiger partial charge in [-0.25, -0.2) is 4.98 Å². The van der Waals surface area contributed by atoms with Crippen molar-refractivity contribution in [2.45, 2.75) is 32.7 Å². The summed E-state index contributed by atoms with van der Waals surface area (Å²) in [7, 11) is 0. The highest BCUT2D eigenvalue weighted by Crippen LogP contribution is 1.96. The van der Waals surface area contributed by atoms with Gasteiger partial charge in [-0.1, -0.05) is 19.1 Å². The van der Waals surface area contributed by atoms with Crippen LogP contribution in [-0.4, -0.2) is 22.6 Å². The van der Waals surface area contributed by atoms with Gasteiger partial charge in [0, 0.05) is 25.5 Å². The highest BCUT2D eigenvalue weighted by atomic mass is 15.0. The first kappa shape index (κ1) is 12.0. The molecule has 3 heteroatoms. The van der Waals surface area contributed by atoms with Crippen molar-refractivity contribution >= 4 is 0 Å². The van der Waals surface area contributed by atoms with E-state index in [9.17, 15) is 0 Å². The summed E-state index contributed by atoms with van der Waals surface area (Å²) in [6.07, 6.45) is 9.17. The summed E-state index contributed by atoms with van der Waals surface area (Å²) < 4.78 is 2.12. The van der Waals surface area contributed by atoms with Crippen LogP contribution in [0.3, 0.4) is 0 Å². The Morgan fingerprint density at radius 2 is 2.33 bits per heavy atom. The van der Waals surface area contributed by atoms with Crippen LogP contribution >= 0.6 is 0 Å². The van der Waals surface area contributed by atoms with Crippen molar-refractivity contribution in [1.82, 2.24) is 14.9 Å². The monoisotopic (exact) mass is 207 g/mol. The predicted octanol–water partition coefficient (Wildman–Crippen LogP) is 2.22. The van der Waals surface area contributed by atoms with E-state index >= 15 is 0 Å². The second kappa shape index (κ2) is 7.23. The Labute approximate surface area is 92.2 Å². The third-order valence-electron chi connectivity index (χ3n) is 2.45. The minimum Gasteiger partial charge on any atom is -0.337 e. The molecule has 0 spiro atoms. The number of aromatic nitrogens is 2. The second-order valence-corrected chi connectivity index (χ2v) is 3.79. The van der Waals surface area contributed by atoms with E-state index in [4.69, 9.17) is 0 Å². The van der Waals surface area contributed by atoms with Gasteiger partial charge in [-0.05, 0) is 25.8 Å². The molecule has 1 rings (SSSR count). The molecular formula is C12H21N3. The van der Waals surface area contributed by atoms with Crippen LogP contribution in [0, 0.1) is 0 Å². The van der Waals surface area contributed by atoms with Crippen LogP contribution < -0.4 is 5.32 Å². The first-order valence-corrected chi connectivity index (χ1v) is 5.66. The second-order valence-electron chi connectivity index (χ2n) is 3.79. The molecule has 1 aromatic rings. The van der Waals surface area contributed by atoms with Crippen molar-refractivity contribution in [2.24, 2.45) is 0 Å². The molecule has 0 atom stereocenters. The topological polar surface area (TPSA) is 29.9 Å². The van der Waals surface area contributed by atoms with Crippen molar-refractivity contribution in [3.63, 3.8) is 0 Å². The molecule has 0 unspecified atom stereocenters. The maximum atomic E-state index is 4.01. The Hall–Kier alpha value is -1.09. The molecule has 0 aliphatic rings. The smallest absolute Gasteiger partial charge is 0.0945 e. The van der Waals surface area contributed by atoms with E-state index in [0.717, 1.165) is 26.1 Å². The van der Waals surface area contributed by atoms with Gasteiger partial charge in [0.15, 0.2) is 0 Å². The molecule has 1 heterocycles. The highest BCUT2D eigenvalue weighted by Gasteiger charge is 1.92. The van der Waals surface area contributed by atoms with E-state index in [1.54, 1.807) is 0 Å². The number of imidazole rings is 1. The lowest BCUT2D eigenvalue weighted by molar-refractivity contribution is 0.578. The van der Waals surface area contributed by atoms with E-state index in [2.05, 4.69) is 28.4 Å². The lowest BCUT2D eigenvalue weighted by atomic mass is 10.2. The van der Waals surface area contributed by atoms with Crippen LogP contribution in [0.4, 0.5) is 0 Å². The van der Waals surface area contributed by atoms with E-state index in [1.807, 2.05) is 18.7 Å². The Morgan fingerprint density at radius 1 is 1.47 bits per heavy atom. The zero-order valence-corrected chi connectivity index (χ0v) is 9.58. The van der Waals surface area contributed by atoms with Gasteiger partial charge in [0.2, 0.25) is 0 Å². The number of nitrogens with one attached hydrogen (secondary N) is 1. The summed E-state index contributed by atoms with van der Waals surface area (Å²) in [4.78, 5) is 4.01. The fraction of sp³-hybridized carbons (Fsp3) is 0.583. The van der Waals surface area contributed by atoms with Gasteiger partial charge in [-0.15, -0.1) is 0 Å². The number of hydrogen-bond acceptors (Lipinski definition) is 2. The summed E-state index contributed by atoms with van der Waals surface area (Å²) >= 11 is 0. The van der Waals surface area contributed by atoms with Crippen molar-refractivity contribution in [3.05, 3.63) is 30.9 Å². The van der Waals surface area contributed by atoms with Gasteiger partial charge in [0.1, 0.15) is 0 Å². The van der Waals surface area contributed by atoms with Crippen LogP contribution in [0.5, 0.6) is 0 Å². The molecule has 15 heavy (non-hydrogen) atoms. The number of aryl methyl sites for hydroxylation is 1. The standard InChI is InChI=1S/C12H21N3/c1-3-12(2)10-13-6-4-5-8-15-9-7-14-11-15/h7,9,11,13H,2-6,8,10H2,1H3. The lowest BCUT2D eigenvalue weighted by Gasteiger charge is -2.05. The van der Waals surface area contributed by atoms with E-state index in [-0.39, 0.29) is 0 Å².